The number of rotatable bonds is 3. The van der Waals surface area contributed by atoms with Crippen LogP contribution in [0.25, 0.3) is 0 Å². The van der Waals surface area contributed by atoms with E-state index < -0.39 is 21.9 Å². The molecule has 134 valence electrons. The van der Waals surface area contributed by atoms with Crippen LogP contribution in [0.2, 0.25) is 0 Å². The van der Waals surface area contributed by atoms with Gasteiger partial charge in [0, 0.05) is 32.2 Å². The van der Waals surface area contributed by atoms with Gasteiger partial charge in [-0.3, -0.25) is 4.90 Å². The summed E-state index contributed by atoms with van der Waals surface area (Å²) in [5.41, 5.74) is 0. The lowest BCUT2D eigenvalue weighted by molar-refractivity contribution is -0.0222. The number of sulfonamides is 1. The molecule has 2 atom stereocenters. The lowest BCUT2D eigenvalue weighted by Gasteiger charge is -2.36. The van der Waals surface area contributed by atoms with Gasteiger partial charge in [0.25, 0.3) is 0 Å². The summed E-state index contributed by atoms with van der Waals surface area (Å²) in [4.78, 5) is 1.86. The van der Waals surface area contributed by atoms with E-state index in [0.29, 0.717) is 26.1 Å². The molecular weight excluding hydrogens is 335 g/mol. The standard InChI is InChI=1S/C16H23FN2O4S/c17-13-3-1-2-4-16(13)24(21,22)19-7-5-14(15(20)6-8-19)18-9-11-23-12-10-18/h1-4,14-15,20H,5-12H2/t14-,15-/m0/s1. The van der Waals surface area contributed by atoms with Crippen molar-refractivity contribution in [1.82, 2.24) is 9.21 Å². The van der Waals surface area contributed by atoms with Gasteiger partial charge in [-0.15, -0.1) is 0 Å². The van der Waals surface area contributed by atoms with Crippen molar-refractivity contribution in [3.05, 3.63) is 30.1 Å². The average Bonchev–Trinajstić information content (AvgIpc) is 2.78. The highest BCUT2D eigenvalue weighted by molar-refractivity contribution is 7.89. The van der Waals surface area contributed by atoms with Crippen molar-refractivity contribution in [3.8, 4) is 0 Å². The molecule has 1 N–H and O–H groups in total. The molecule has 0 radical (unpaired) electrons. The monoisotopic (exact) mass is 358 g/mol. The number of halogens is 1. The van der Waals surface area contributed by atoms with E-state index >= 15 is 0 Å². The van der Waals surface area contributed by atoms with Crippen molar-refractivity contribution in [2.75, 3.05) is 39.4 Å². The number of nitrogens with zero attached hydrogens (tertiary/aromatic N) is 2. The van der Waals surface area contributed by atoms with Crippen molar-refractivity contribution in [1.29, 1.82) is 0 Å². The van der Waals surface area contributed by atoms with Gasteiger partial charge < -0.3 is 9.84 Å². The Kier molecular flexibility index (Phi) is 5.51. The Hall–Kier alpha value is -1.06. The molecule has 2 aliphatic heterocycles. The minimum Gasteiger partial charge on any atom is -0.391 e. The summed E-state index contributed by atoms with van der Waals surface area (Å²) in [7, 11) is -3.89. The molecule has 0 amide bonds. The van der Waals surface area contributed by atoms with Crippen LogP contribution in [-0.4, -0.2) is 74.3 Å². The zero-order chi connectivity index (χ0) is 17.2. The van der Waals surface area contributed by atoms with Crippen molar-refractivity contribution in [2.24, 2.45) is 0 Å². The van der Waals surface area contributed by atoms with E-state index in [1.54, 1.807) is 0 Å². The molecule has 2 aliphatic rings. The predicted octanol–water partition coefficient (Wildman–Crippen LogP) is 0.672. The molecule has 0 bridgehead atoms. The number of ether oxygens (including phenoxy) is 1. The van der Waals surface area contributed by atoms with E-state index in [2.05, 4.69) is 4.90 Å². The minimum absolute atomic E-state index is 0.0882. The highest BCUT2D eigenvalue weighted by Crippen LogP contribution is 2.25. The first-order valence-electron chi connectivity index (χ1n) is 8.24. The molecule has 0 spiro atoms. The molecule has 2 saturated heterocycles. The fourth-order valence-electron chi connectivity index (χ4n) is 3.42. The molecule has 3 rings (SSSR count). The first-order chi connectivity index (χ1) is 11.5. The van der Waals surface area contributed by atoms with Gasteiger partial charge in [0.15, 0.2) is 0 Å². The average molecular weight is 358 g/mol. The molecule has 2 fully saturated rings. The zero-order valence-electron chi connectivity index (χ0n) is 13.5. The van der Waals surface area contributed by atoms with E-state index in [9.17, 15) is 17.9 Å². The molecule has 0 saturated carbocycles. The van der Waals surface area contributed by atoms with Crippen LogP contribution in [0.1, 0.15) is 12.8 Å². The van der Waals surface area contributed by atoms with Crippen LogP contribution < -0.4 is 0 Å². The molecule has 0 aliphatic carbocycles. The summed E-state index contributed by atoms with van der Waals surface area (Å²) >= 11 is 0. The second kappa shape index (κ2) is 7.45. The molecular formula is C16H23FN2O4S. The number of aliphatic hydroxyl groups excluding tert-OH is 1. The molecule has 6 nitrogen and oxygen atoms in total. The number of hydrogen-bond donors (Lipinski definition) is 1. The molecule has 0 unspecified atom stereocenters. The van der Waals surface area contributed by atoms with Crippen LogP contribution >= 0.6 is 0 Å². The van der Waals surface area contributed by atoms with Crippen LogP contribution in [0.5, 0.6) is 0 Å². The van der Waals surface area contributed by atoms with E-state index in [0.717, 1.165) is 19.2 Å². The highest BCUT2D eigenvalue weighted by atomic mass is 32.2. The Bertz CT molecular complexity index is 664. The third-order valence-electron chi connectivity index (χ3n) is 4.76. The number of aliphatic hydroxyl groups is 1. The van der Waals surface area contributed by atoms with Gasteiger partial charge in [0.05, 0.1) is 19.3 Å². The Morgan fingerprint density at radius 1 is 1.08 bits per heavy atom. The van der Waals surface area contributed by atoms with Crippen molar-refractivity contribution >= 4 is 10.0 Å². The molecule has 1 aromatic rings. The van der Waals surface area contributed by atoms with Crippen LogP contribution in [0.4, 0.5) is 4.39 Å². The minimum atomic E-state index is -3.89. The quantitative estimate of drug-likeness (QED) is 0.860. The first kappa shape index (κ1) is 17.8. The summed E-state index contributed by atoms with van der Waals surface area (Å²) in [6, 6.07) is 5.32. The van der Waals surface area contributed by atoms with Gasteiger partial charge >= 0.3 is 0 Å². The lowest BCUT2D eigenvalue weighted by Crippen LogP contribution is -2.49. The number of benzene rings is 1. The van der Waals surface area contributed by atoms with E-state index in [4.69, 9.17) is 4.74 Å². The predicted molar refractivity (Wildman–Crippen MR) is 86.6 cm³/mol. The summed E-state index contributed by atoms with van der Waals surface area (Å²) < 4.78 is 46.0. The maximum Gasteiger partial charge on any atom is 0.245 e. The Morgan fingerprint density at radius 3 is 2.46 bits per heavy atom. The van der Waals surface area contributed by atoms with Crippen molar-refractivity contribution < 1.29 is 22.7 Å². The maximum atomic E-state index is 13.9. The molecule has 1 aromatic carbocycles. The SMILES string of the molecule is O=S(=O)(c1ccccc1F)N1CC[C@H](O)[C@@H](N2CCOCC2)CC1. The van der Waals surface area contributed by atoms with Crippen LogP contribution in [-0.2, 0) is 14.8 Å². The summed E-state index contributed by atoms with van der Waals surface area (Å²) in [5.74, 6) is -0.743. The molecule has 8 heteroatoms. The zero-order valence-corrected chi connectivity index (χ0v) is 14.3. The van der Waals surface area contributed by atoms with Crippen LogP contribution in [0, 0.1) is 5.82 Å². The molecule has 24 heavy (non-hydrogen) atoms. The first-order valence-corrected chi connectivity index (χ1v) is 9.68. The lowest BCUT2D eigenvalue weighted by atomic mass is 10.0. The van der Waals surface area contributed by atoms with Gasteiger partial charge in [0.1, 0.15) is 10.7 Å². The maximum absolute atomic E-state index is 13.9. The van der Waals surface area contributed by atoms with E-state index in [1.165, 1.54) is 22.5 Å². The third kappa shape index (κ3) is 3.62. The second-order valence-electron chi connectivity index (χ2n) is 6.19. The summed E-state index contributed by atoms with van der Waals surface area (Å²) in [5, 5.41) is 10.4. The smallest absolute Gasteiger partial charge is 0.245 e. The van der Waals surface area contributed by atoms with Crippen LogP contribution in [0.3, 0.4) is 0 Å². The fraction of sp³-hybridized carbons (Fsp3) is 0.625. The molecule has 2 heterocycles. The highest BCUT2D eigenvalue weighted by Gasteiger charge is 2.35. The van der Waals surface area contributed by atoms with Crippen molar-refractivity contribution in [3.63, 3.8) is 0 Å². The van der Waals surface area contributed by atoms with E-state index in [1.807, 2.05) is 0 Å². The summed E-state index contributed by atoms with van der Waals surface area (Å²) in [6.45, 7) is 3.19. The van der Waals surface area contributed by atoms with Gasteiger partial charge in [0.2, 0.25) is 10.0 Å². The second-order valence-corrected chi connectivity index (χ2v) is 8.10. The Balaban J connectivity index is 1.76. The Labute approximate surface area is 141 Å². The van der Waals surface area contributed by atoms with Crippen molar-refractivity contribution in [2.45, 2.75) is 29.9 Å². The van der Waals surface area contributed by atoms with Gasteiger partial charge in [-0.2, -0.15) is 4.31 Å². The summed E-state index contributed by atoms with van der Waals surface area (Å²) in [6.07, 6.45) is 0.272. The Morgan fingerprint density at radius 2 is 1.75 bits per heavy atom. The number of morpholine rings is 1. The van der Waals surface area contributed by atoms with Crippen LogP contribution in [0.15, 0.2) is 29.2 Å². The normalized spacial score (nSPS) is 27.8. The van der Waals surface area contributed by atoms with E-state index in [-0.39, 0.29) is 24.0 Å². The molecule has 0 aromatic heterocycles. The van der Waals surface area contributed by atoms with Gasteiger partial charge in [-0.05, 0) is 25.0 Å². The fourth-order valence-corrected chi connectivity index (χ4v) is 4.95. The van der Waals surface area contributed by atoms with Gasteiger partial charge in [-0.25, -0.2) is 12.8 Å². The van der Waals surface area contributed by atoms with Gasteiger partial charge in [-0.1, -0.05) is 12.1 Å². The number of hydrogen-bond acceptors (Lipinski definition) is 5. The largest absolute Gasteiger partial charge is 0.391 e. The topological polar surface area (TPSA) is 70.1 Å². The third-order valence-corrected chi connectivity index (χ3v) is 6.69.